The van der Waals surface area contributed by atoms with E-state index >= 15 is 0 Å². The van der Waals surface area contributed by atoms with Crippen molar-refractivity contribution < 1.29 is 28.6 Å². The van der Waals surface area contributed by atoms with Gasteiger partial charge in [-0.25, -0.2) is 9.69 Å². The fraction of sp³-hybridized carbons (Fsp3) is 0.207. The number of barbiturate groups is 1. The van der Waals surface area contributed by atoms with Crippen LogP contribution in [0.25, 0.3) is 6.08 Å². The second kappa shape index (κ2) is 11.8. The summed E-state index contributed by atoms with van der Waals surface area (Å²) in [5, 5.41) is 2.66. The number of ether oxygens (including phenoxy) is 3. The molecule has 1 heterocycles. The van der Waals surface area contributed by atoms with E-state index in [0.29, 0.717) is 35.3 Å². The Kier molecular flexibility index (Phi) is 8.33. The van der Waals surface area contributed by atoms with Crippen molar-refractivity contribution in [3.05, 3.63) is 87.9 Å². The molecule has 8 nitrogen and oxygen atoms in total. The molecule has 38 heavy (non-hydrogen) atoms. The molecule has 0 atom stereocenters. The third kappa shape index (κ3) is 6.15. The summed E-state index contributed by atoms with van der Waals surface area (Å²) in [7, 11) is 0. The molecule has 4 amide bonds. The number of rotatable bonds is 9. The third-order valence-electron chi connectivity index (χ3n) is 5.85. The van der Waals surface area contributed by atoms with Gasteiger partial charge in [-0.05, 0) is 92.1 Å². The van der Waals surface area contributed by atoms with E-state index in [2.05, 4.69) is 5.32 Å². The van der Waals surface area contributed by atoms with Gasteiger partial charge in [0.25, 0.3) is 11.8 Å². The summed E-state index contributed by atoms with van der Waals surface area (Å²) in [6.45, 7) is 6.92. The SMILES string of the molecule is CCOc1cc(/C=C2/C(=O)NC(=O)N(c3ccc(Cl)cc3)C2=O)ccc1OCCOc1ccc(C)c(C)c1. The normalized spacial score (nSPS) is 14.5. The van der Waals surface area contributed by atoms with E-state index in [1.54, 1.807) is 30.3 Å². The fourth-order valence-electron chi connectivity index (χ4n) is 3.77. The van der Waals surface area contributed by atoms with Crippen LogP contribution in [0.4, 0.5) is 10.5 Å². The minimum absolute atomic E-state index is 0.197. The Labute approximate surface area is 225 Å². The van der Waals surface area contributed by atoms with E-state index in [1.165, 1.54) is 23.8 Å². The number of imide groups is 2. The van der Waals surface area contributed by atoms with Crippen molar-refractivity contribution in [3.63, 3.8) is 0 Å². The maximum atomic E-state index is 13.1. The first kappa shape index (κ1) is 26.8. The molecule has 196 valence electrons. The first-order valence-corrected chi connectivity index (χ1v) is 12.4. The van der Waals surface area contributed by atoms with E-state index in [1.807, 2.05) is 39.0 Å². The van der Waals surface area contributed by atoms with Crippen LogP contribution >= 0.6 is 11.6 Å². The van der Waals surface area contributed by atoms with Gasteiger partial charge in [0.1, 0.15) is 24.5 Å². The number of anilines is 1. The number of benzene rings is 3. The van der Waals surface area contributed by atoms with Gasteiger partial charge in [-0.3, -0.25) is 14.9 Å². The molecule has 0 saturated carbocycles. The lowest BCUT2D eigenvalue weighted by molar-refractivity contribution is -0.122. The third-order valence-corrected chi connectivity index (χ3v) is 6.11. The summed E-state index contributed by atoms with van der Waals surface area (Å²) >= 11 is 5.92. The minimum atomic E-state index is -0.832. The molecule has 0 radical (unpaired) electrons. The van der Waals surface area contributed by atoms with Crippen molar-refractivity contribution in [2.24, 2.45) is 0 Å². The first-order valence-electron chi connectivity index (χ1n) is 12.0. The highest BCUT2D eigenvalue weighted by molar-refractivity contribution is 6.39. The fourth-order valence-corrected chi connectivity index (χ4v) is 3.89. The number of aryl methyl sites for hydroxylation is 2. The number of carbonyl (C=O) groups is 3. The molecule has 1 N–H and O–H groups in total. The van der Waals surface area contributed by atoms with Crippen molar-refractivity contribution in [3.8, 4) is 17.2 Å². The quantitative estimate of drug-likeness (QED) is 0.222. The van der Waals surface area contributed by atoms with E-state index < -0.39 is 17.8 Å². The van der Waals surface area contributed by atoms with Crippen molar-refractivity contribution in [2.75, 3.05) is 24.7 Å². The number of urea groups is 1. The molecular weight excluding hydrogens is 508 g/mol. The zero-order valence-electron chi connectivity index (χ0n) is 21.2. The minimum Gasteiger partial charge on any atom is -0.490 e. The van der Waals surface area contributed by atoms with E-state index in [9.17, 15) is 14.4 Å². The predicted molar refractivity (Wildman–Crippen MR) is 145 cm³/mol. The summed E-state index contributed by atoms with van der Waals surface area (Å²) < 4.78 is 17.4. The lowest BCUT2D eigenvalue weighted by atomic mass is 10.1. The number of halogens is 1. The second-order valence-corrected chi connectivity index (χ2v) is 8.95. The zero-order chi connectivity index (χ0) is 27.2. The average Bonchev–Trinajstić information content (AvgIpc) is 2.88. The van der Waals surface area contributed by atoms with Gasteiger partial charge in [-0.1, -0.05) is 23.7 Å². The first-order chi connectivity index (χ1) is 18.3. The van der Waals surface area contributed by atoms with Gasteiger partial charge in [-0.2, -0.15) is 0 Å². The number of carbonyl (C=O) groups excluding carboxylic acids is 3. The molecule has 1 fully saturated rings. The van der Waals surface area contributed by atoms with Crippen molar-refractivity contribution >= 4 is 41.2 Å². The molecule has 0 aromatic heterocycles. The van der Waals surface area contributed by atoms with Crippen LogP contribution in [0.2, 0.25) is 5.02 Å². The Morgan fingerprint density at radius 3 is 2.29 bits per heavy atom. The van der Waals surface area contributed by atoms with Crippen LogP contribution in [0.15, 0.2) is 66.2 Å². The molecule has 9 heteroatoms. The largest absolute Gasteiger partial charge is 0.490 e. The van der Waals surface area contributed by atoms with Gasteiger partial charge in [0, 0.05) is 5.02 Å². The topological polar surface area (TPSA) is 94.2 Å². The van der Waals surface area contributed by atoms with Gasteiger partial charge in [0.15, 0.2) is 11.5 Å². The lowest BCUT2D eigenvalue weighted by Gasteiger charge is -2.26. The Morgan fingerprint density at radius 2 is 1.58 bits per heavy atom. The summed E-state index contributed by atoms with van der Waals surface area (Å²) in [4.78, 5) is 38.9. The van der Waals surface area contributed by atoms with Gasteiger partial charge in [-0.15, -0.1) is 0 Å². The maximum Gasteiger partial charge on any atom is 0.335 e. The van der Waals surface area contributed by atoms with Crippen LogP contribution in [-0.2, 0) is 9.59 Å². The number of nitrogens with zero attached hydrogens (tertiary/aromatic N) is 1. The summed E-state index contributed by atoms with van der Waals surface area (Å²) in [6, 6.07) is 16.3. The predicted octanol–water partition coefficient (Wildman–Crippen LogP) is 5.48. The highest BCUT2D eigenvalue weighted by Crippen LogP contribution is 2.30. The van der Waals surface area contributed by atoms with Gasteiger partial charge >= 0.3 is 6.03 Å². The number of hydrogen-bond acceptors (Lipinski definition) is 6. The molecule has 3 aromatic carbocycles. The Balaban J connectivity index is 1.49. The average molecular weight is 535 g/mol. The Bertz CT molecular complexity index is 1400. The van der Waals surface area contributed by atoms with E-state index in [0.717, 1.165) is 16.2 Å². The molecule has 0 unspecified atom stereocenters. The summed E-state index contributed by atoms with van der Waals surface area (Å²) in [5.41, 5.74) is 2.96. The maximum absolute atomic E-state index is 13.1. The van der Waals surface area contributed by atoms with Crippen LogP contribution in [-0.4, -0.2) is 37.7 Å². The van der Waals surface area contributed by atoms with Gasteiger partial charge in [0.2, 0.25) is 0 Å². The van der Waals surface area contributed by atoms with Gasteiger partial charge in [0.05, 0.1) is 12.3 Å². The summed E-state index contributed by atoms with van der Waals surface area (Å²) in [6.07, 6.45) is 1.40. The van der Waals surface area contributed by atoms with Crippen molar-refractivity contribution in [1.82, 2.24) is 5.32 Å². The number of nitrogens with one attached hydrogen (secondary N) is 1. The molecular formula is C29H27ClN2O6. The van der Waals surface area contributed by atoms with Crippen LogP contribution in [0, 0.1) is 13.8 Å². The Morgan fingerprint density at radius 1 is 0.842 bits per heavy atom. The molecule has 0 spiro atoms. The molecule has 0 bridgehead atoms. The van der Waals surface area contributed by atoms with E-state index in [4.69, 9.17) is 25.8 Å². The molecule has 0 aliphatic carbocycles. The molecule has 1 saturated heterocycles. The highest BCUT2D eigenvalue weighted by Gasteiger charge is 2.36. The van der Waals surface area contributed by atoms with Crippen LogP contribution < -0.4 is 24.4 Å². The number of amides is 4. The van der Waals surface area contributed by atoms with Crippen LogP contribution in [0.5, 0.6) is 17.2 Å². The van der Waals surface area contributed by atoms with Crippen LogP contribution in [0.3, 0.4) is 0 Å². The second-order valence-electron chi connectivity index (χ2n) is 8.52. The van der Waals surface area contributed by atoms with Crippen molar-refractivity contribution in [2.45, 2.75) is 20.8 Å². The lowest BCUT2D eigenvalue weighted by Crippen LogP contribution is -2.54. The molecule has 1 aliphatic rings. The smallest absolute Gasteiger partial charge is 0.335 e. The van der Waals surface area contributed by atoms with Gasteiger partial charge < -0.3 is 14.2 Å². The molecule has 1 aliphatic heterocycles. The zero-order valence-corrected chi connectivity index (χ0v) is 22.0. The monoisotopic (exact) mass is 534 g/mol. The standard InChI is InChI=1S/C29H27ClN2O6/c1-4-36-26-17-20(6-12-25(26)38-14-13-37-23-11-5-18(2)19(3)15-23)16-24-27(33)31-29(35)32(28(24)34)22-9-7-21(30)8-10-22/h5-12,15-17H,4,13-14H2,1-3H3,(H,31,33,35)/b24-16-. The summed E-state index contributed by atoms with van der Waals surface area (Å²) in [5.74, 6) is 0.178. The Hall–Kier alpha value is -4.30. The molecule has 4 rings (SSSR count). The van der Waals surface area contributed by atoms with Crippen molar-refractivity contribution in [1.29, 1.82) is 0 Å². The molecule has 3 aromatic rings. The number of hydrogen-bond donors (Lipinski definition) is 1. The van der Waals surface area contributed by atoms with Crippen LogP contribution in [0.1, 0.15) is 23.6 Å². The van der Waals surface area contributed by atoms with E-state index in [-0.39, 0.29) is 17.9 Å². The highest BCUT2D eigenvalue weighted by atomic mass is 35.5.